The van der Waals surface area contributed by atoms with E-state index in [1.807, 2.05) is 43.7 Å². The topological polar surface area (TPSA) is 55.6 Å². The lowest BCUT2D eigenvalue weighted by atomic mass is 10.1. The van der Waals surface area contributed by atoms with Gasteiger partial charge in [0, 0.05) is 37.1 Å². The van der Waals surface area contributed by atoms with Crippen molar-refractivity contribution in [3.63, 3.8) is 0 Å². The Morgan fingerprint density at radius 3 is 2.77 bits per heavy atom. The first-order valence-corrected chi connectivity index (χ1v) is 7.42. The van der Waals surface area contributed by atoms with Crippen LogP contribution < -0.4 is 5.32 Å². The second-order valence-electron chi connectivity index (χ2n) is 5.13. The zero-order valence-electron chi connectivity index (χ0n) is 12.6. The maximum absolute atomic E-state index is 4.51. The number of aromatic nitrogens is 4. The predicted molar refractivity (Wildman–Crippen MR) is 87.5 cm³/mol. The summed E-state index contributed by atoms with van der Waals surface area (Å²) < 4.78 is 2.07. The lowest BCUT2D eigenvalue weighted by Gasteiger charge is -2.09. The predicted octanol–water partition coefficient (Wildman–Crippen LogP) is 3.15. The molecule has 0 aliphatic heterocycles. The van der Waals surface area contributed by atoms with Crippen LogP contribution in [0.15, 0.2) is 55.1 Å². The van der Waals surface area contributed by atoms with Gasteiger partial charge in [-0.1, -0.05) is 30.3 Å². The summed E-state index contributed by atoms with van der Waals surface area (Å²) in [7, 11) is 0. The Morgan fingerprint density at radius 1 is 1.14 bits per heavy atom. The third-order valence-corrected chi connectivity index (χ3v) is 3.37. The smallest absolute Gasteiger partial charge is 0.130 e. The largest absolute Gasteiger partial charge is 0.370 e. The first-order valence-electron chi connectivity index (χ1n) is 7.42. The third kappa shape index (κ3) is 3.69. The Bertz CT molecular complexity index is 707. The zero-order chi connectivity index (χ0) is 15.2. The normalized spacial score (nSPS) is 10.6. The molecule has 0 fully saturated rings. The van der Waals surface area contributed by atoms with Crippen molar-refractivity contribution in [3.05, 3.63) is 60.9 Å². The van der Waals surface area contributed by atoms with E-state index < -0.39 is 0 Å². The van der Waals surface area contributed by atoms with E-state index in [0.717, 1.165) is 42.4 Å². The van der Waals surface area contributed by atoms with E-state index in [2.05, 4.69) is 37.0 Å². The molecule has 22 heavy (non-hydrogen) atoms. The maximum Gasteiger partial charge on any atom is 0.130 e. The minimum atomic E-state index is 0.776. The van der Waals surface area contributed by atoms with Crippen molar-refractivity contribution in [3.8, 4) is 11.3 Å². The van der Waals surface area contributed by atoms with E-state index in [1.165, 1.54) is 0 Å². The van der Waals surface area contributed by atoms with Crippen LogP contribution in [0.1, 0.15) is 12.2 Å². The summed E-state index contributed by atoms with van der Waals surface area (Å²) in [6, 6.07) is 12.2. The van der Waals surface area contributed by atoms with Crippen LogP contribution in [-0.2, 0) is 6.54 Å². The van der Waals surface area contributed by atoms with E-state index in [0.29, 0.717) is 0 Å². The number of nitrogens with one attached hydrogen (secondary N) is 1. The van der Waals surface area contributed by atoms with Crippen LogP contribution in [0, 0.1) is 6.92 Å². The molecule has 0 saturated heterocycles. The number of aryl methyl sites for hydroxylation is 2. The average molecular weight is 293 g/mol. The Balaban J connectivity index is 1.63. The van der Waals surface area contributed by atoms with Gasteiger partial charge < -0.3 is 9.88 Å². The third-order valence-electron chi connectivity index (χ3n) is 3.37. The van der Waals surface area contributed by atoms with E-state index in [9.17, 15) is 0 Å². The van der Waals surface area contributed by atoms with Gasteiger partial charge in [0.2, 0.25) is 0 Å². The monoisotopic (exact) mass is 293 g/mol. The van der Waals surface area contributed by atoms with Crippen LogP contribution in [0.4, 0.5) is 5.82 Å². The van der Waals surface area contributed by atoms with Crippen LogP contribution in [-0.4, -0.2) is 26.1 Å². The number of hydrogen-bond donors (Lipinski definition) is 1. The van der Waals surface area contributed by atoms with Crippen molar-refractivity contribution in [2.24, 2.45) is 0 Å². The molecule has 1 N–H and O–H groups in total. The fourth-order valence-electron chi connectivity index (χ4n) is 2.31. The molecule has 3 rings (SSSR count). The molecule has 5 heteroatoms. The molecule has 112 valence electrons. The Morgan fingerprint density at radius 2 is 2.00 bits per heavy atom. The lowest BCUT2D eigenvalue weighted by Crippen LogP contribution is -2.08. The minimum Gasteiger partial charge on any atom is -0.370 e. The summed E-state index contributed by atoms with van der Waals surface area (Å²) in [5.41, 5.74) is 2.06. The van der Waals surface area contributed by atoms with E-state index in [4.69, 9.17) is 0 Å². The van der Waals surface area contributed by atoms with Crippen LogP contribution >= 0.6 is 0 Å². The second kappa shape index (κ2) is 6.85. The Labute approximate surface area is 130 Å². The van der Waals surface area contributed by atoms with Gasteiger partial charge in [-0.15, -0.1) is 0 Å². The summed E-state index contributed by atoms with van der Waals surface area (Å²) >= 11 is 0. The van der Waals surface area contributed by atoms with Crippen molar-refractivity contribution in [1.29, 1.82) is 0 Å². The minimum absolute atomic E-state index is 0.776. The maximum atomic E-state index is 4.51. The van der Waals surface area contributed by atoms with Crippen molar-refractivity contribution < 1.29 is 0 Å². The van der Waals surface area contributed by atoms with Gasteiger partial charge in [0.15, 0.2) is 0 Å². The highest BCUT2D eigenvalue weighted by Gasteiger charge is 2.03. The SMILES string of the molecule is Cc1nc(NCCCn2ccnc2)cc(-c2ccccc2)n1. The molecular weight excluding hydrogens is 274 g/mol. The fraction of sp³-hybridized carbons (Fsp3) is 0.235. The highest BCUT2D eigenvalue weighted by Crippen LogP contribution is 2.19. The molecule has 0 amide bonds. The molecule has 0 unspecified atom stereocenters. The Hall–Kier alpha value is -2.69. The van der Waals surface area contributed by atoms with Gasteiger partial charge in [0.1, 0.15) is 11.6 Å². The van der Waals surface area contributed by atoms with Crippen molar-refractivity contribution >= 4 is 5.82 Å². The highest BCUT2D eigenvalue weighted by atomic mass is 15.0. The molecule has 0 saturated carbocycles. The summed E-state index contributed by atoms with van der Waals surface area (Å²) in [6.45, 7) is 3.73. The van der Waals surface area contributed by atoms with Gasteiger partial charge in [0.05, 0.1) is 12.0 Å². The number of nitrogens with zero attached hydrogens (tertiary/aromatic N) is 4. The van der Waals surface area contributed by atoms with E-state index in [1.54, 1.807) is 6.20 Å². The molecule has 0 aliphatic carbocycles. The first kappa shape index (κ1) is 14.3. The summed E-state index contributed by atoms with van der Waals surface area (Å²) in [5.74, 6) is 1.65. The number of rotatable bonds is 6. The van der Waals surface area contributed by atoms with Crippen LogP contribution in [0.5, 0.6) is 0 Å². The molecule has 1 aromatic carbocycles. The van der Waals surface area contributed by atoms with E-state index in [-0.39, 0.29) is 0 Å². The van der Waals surface area contributed by atoms with Gasteiger partial charge in [0.25, 0.3) is 0 Å². The quantitative estimate of drug-likeness (QED) is 0.709. The van der Waals surface area contributed by atoms with Gasteiger partial charge in [-0.3, -0.25) is 0 Å². The number of anilines is 1. The number of imidazole rings is 1. The van der Waals surface area contributed by atoms with Crippen LogP contribution in [0.2, 0.25) is 0 Å². The summed E-state index contributed by atoms with van der Waals surface area (Å²) in [6.07, 6.45) is 6.62. The van der Waals surface area contributed by atoms with Crippen molar-refractivity contribution in [2.45, 2.75) is 19.9 Å². The first-order chi connectivity index (χ1) is 10.8. The summed E-state index contributed by atoms with van der Waals surface area (Å²) in [4.78, 5) is 13.0. The molecule has 0 bridgehead atoms. The molecule has 0 spiro atoms. The molecule has 5 nitrogen and oxygen atoms in total. The van der Waals surface area contributed by atoms with Crippen molar-refractivity contribution in [2.75, 3.05) is 11.9 Å². The van der Waals surface area contributed by atoms with Gasteiger partial charge >= 0.3 is 0 Å². The molecule has 0 aliphatic rings. The van der Waals surface area contributed by atoms with Gasteiger partial charge in [-0.25, -0.2) is 15.0 Å². The standard InChI is InChI=1S/C17H19N5/c1-14-20-16(15-6-3-2-4-7-15)12-17(21-14)19-8-5-10-22-11-9-18-13-22/h2-4,6-7,9,11-13H,5,8,10H2,1H3,(H,19,20,21). The zero-order valence-corrected chi connectivity index (χ0v) is 12.6. The molecule has 2 aromatic heterocycles. The van der Waals surface area contributed by atoms with Crippen LogP contribution in [0.3, 0.4) is 0 Å². The Kier molecular flexibility index (Phi) is 4.44. The summed E-state index contributed by atoms with van der Waals surface area (Å²) in [5, 5.41) is 3.37. The molecule has 3 aromatic rings. The van der Waals surface area contributed by atoms with Gasteiger partial charge in [-0.05, 0) is 13.3 Å². The molecule has 0 atom stereocenters. The highest BCUT2D eigenvalue weighted by molar-refractivity contribution is 5.62. The lowest BCUT2D eigenvalue weighted by molar-refractivity contribution is 0.660. The number of hydrogen-bond acceptors (Lipinski definition) is 4. The fourth-order valence-corrected chi connectivity index (χ4v) is 2.31. The van der Waals surface area contributed by atoms with E-state index >= 15 is 0 Å². The number of benzene rings is 1. The molecule has 2 heterocycles. The van der Waals surface area contributed by atoms with Crippen LogP contribution in [0.25, 0.3) is 11.3 Å². The van der Waals surface area contributed by atoms with Gasteiger partial charge in [-0.2, -0.15) is 0 Å². The second-order valence-corrected chi connectivity index (χ2v) is 5.13. The molecule has 0 radical (unpaired) electrons. The van der Waals surface area contributed by atoms with Crippen molar-refractivity contribution in [1.82, 2.24) is 19.5 Å². The average Bonchev–Trinajstić information content (AvgIpc) is 3.05. The molecular formula is C17H19N5.